The lowest BCUT2D eigenvalue weighted by atomic mass is 10.1. The van der Waals surface area contributed by atoms with Crippen molar-refractivity contribution < 1.29 is 5.11 Å². The van der Waals surface area contributed by atoms with Crippen molar-refractivity contribution in [2.45, 2.75) is 0 Å². The van der Waals surface area contributed by atoms with Gasteiger partial charge in [0.2, 0.25) is 0 Å². The summed E-state index contributed by atoms with van der Waals surface area (Å²) in [6.07, 6.45) is 3.31. The zero-order valence-corrected chi connectivity index (χ0v) is 11.2. The monoisotopic (exact) mass is 275 g/mol. The van der Waals surface area contributed by atoms with E-state index in [0.29, 0.717) is 16.4 Å². The highest BCUT2D eigenvalue weighted by Gasteiger charge is 2.04. The number of hydrogen-bond donors (Lipinski definition) is 2. The molecule has 0 aliphatic carbocycles. The van der Waals surface area contributed by atoms with E-state index >= 15 is 0 Å². The van der Waals surface area contributed by atoms with Crippen molar-refractivity contribution in [2.24, 2.45) is 10.7 Å². The first-order valence-corrected chi connectivity index (χ1v) is 6.12. The number of halogens is 1. The molecular formula is C14H14ClN3O. The van der Waals surface area contributed by atoms with Crippen molar-refractivity contribution in [3.63, 3.8) is 0 Å². The molecule has 0 radical (unpaired) electrons. The molecule has 0 bridgehead atoms. The number of benzene rings is 1. The maximum atomic E-state index is 9.08. The minimum atomic E-state index is -0.146. The topological polar surface area (TPSA) is 71.5 Å². The standard InChI is InChI=1S/C14H14ClN3O/c1-17-10(8-19)7-13(16)9-2-3-14-11(6-9)12(15)4-5-18-14/h2-7,19H,8,16H2,1H3/b13-7-,17-10?. The van der Waals surface area contributed by atoms with Crippen molar-refractivity contribution in [3.05, 3.63) is 47.1 Å². The van der Waals surface area contributed by atoms with Crippen LogP contribution in [0.3, 0.4) is 0 Å². The number of rotatable bonds is 3. The summed E-state index contributed by atoms with van der Waals surface area (Å²) in [5, 5.41) is 10.6. The average Bonchev–Trinajstić information content (AvgIpc) is 2.44. The number of hydrogen-bond acceptors (Lipinski definition) is 4. The molecular weight excluding hydrogens is 262 g/mol. The first-order chi connectivity index (χ1) is 9.15. The number of fused-ring (bicyclic) bond motifs is 1. The van der Waals surface area contributed by atoms with Gasteiger partial charge in [-0.05, 0) is 29.8 Å². The minimum absolute atomic E-state index is 0.146. The van der Waals surface area contributed by atoms with Crippen LogP contribution in [-0.4, -0.2) is 29.5 Å². The Bertz CT molecular complexity index is 665. The van der Waals surface area contributed by atoms with Crippen LogP contribution < -0.4 is 5.73 Å². The van der Waals surface area contributed by atoms with Gasteiger partial charge in [-0.1, -0.05) is 17.7 Å². The van der Waals surface area contributed by atoms with E-state index in [4.69, 9.17) is 22.4 Å². The van der Waals surface area contributed by atoms with Gasteiger partial charge in [0.25, 0.3) is 0 Å². The van der Waals surface area contributed by atoms with Gasteiger partial charge in [0.15, 0.2) is 0 Å². The number of aliphatic hydroxyl groups is 1. The van der Waals surface area contributed by atoms with E-state index in [1.165, 1.54) is 0 Å². The second kappa shape index (κ2) is 5.82. The Hall–Kier alpha value is -1.91. The Morgan fingerprint density at radius 2 is 2.26 bits per heavy atom. The maximum Gasteiger partial charge on any atom is 0.0849 e. The summed E-state index contributed by atoms with van der Waals surface area (Å²) < 4.78 is 0. The van der Waals surface area contributed by atoms with Crippen molar-refractivity contribution >= 4 is 33.9 Å². The van der Waals surface area contributed by atoms with Crippen molar-refractivity contribution in [3.8, 4) is 0 Å². The predicted molar refractivity (Wildman–Crippen MR) is 79.4 cm³/mol. The molecule has 1 aromatic carbocycles. The molecule has 98 valence electrons. The Kier molecular flexibility index (Phi) is 4.14. The zero-order valence-electron chi connectivity index (χ0n) is 10.5. The summed E-state index contributed by atoms with van der Waals surface area (Å²) in [6.45, 7) is -0.146. The third-order valence-corrected chi connectivity index (χ3v) is 3.12. The zero-order chi connectivity index (χ0) is 13.8. The molecule has 0 aliphatic heterocycles. The third kappa shape index (κ3) is 2.92. The number of pyridine rings is 1. The predicted octanol–water partition coefficient (Wildman–Crippen LogP) is 2.25. The van der Waals surface area contributed by atoms with E-state index in [-0.39, 0.29) is 6.61 Å². The number of aromatic nitrogens is 1. The number of aliphatic imine (C=N–C) groups is 1. The summed E-state index contributed by atoms with van der Waals surface area (Å²) in [5.74, 6) is 0. The van der Waals surface area contributed by atoms with Crippen LogP contribution in [0.5, 0.6) is 0 Å². The Morgan fingerprint density at radius 1 is 1.47 bits per heavy atom. The highest BCUT2D eigenvalue weighted by Crippen LogP contribution is 2.24. The largest absolute Gasteiger partial charge is 0.398 e. The lowest BCUT2D eigenvalue weighted by molar-refractivity contribution is 0.358. The third-order valence-electron chi connectivity index (χ3n) is 2.79. The second-order valence-electron chi connectivity index (χ2n) is 4.00. The van der Waals surface area contributed by atoms with Gasteiger partial charge < -0.3 is 10.8 Å². The molecule has 0 saturated heterocycles. The van der Waals surface area contributed by atoms with Crippen molar-refractivity contribution in [1.82, 2.24) is 4.98 Å². The molecule has 0 amide bonds. The molecule has 2 rings (SSSR count). The smallest absolute Gasteiger partial charge is 0.0849 e. The number of nitrogens with two attached hydrogens (primary N) is 1. The van der Waals surface area contributed by atoms with E-state index < -0.39 is 0 Å². The molecule has 0 fully saturated rings. The lowest BCUT2D eigenvalue weighted by Crippen LogP contribution is -2.05. The van der Waals surface area contributed by atoms with Crippen LogP contribution in [0, 0.1) is 0 Å². The molecule has 0 saturated carbocycles. The molecule has 5 heteroatoms. The fourth-order valence-corrected chi connectivity index (χ4v) is 1.94. The van der Waals surface area contributed by atoms with Crippen molar-refractivity contribution in [1.29, 1.82) is 0 Å². The van der Waals surface area contributed by atoms with Gasteiger partial charge in [-0.15, -0.1) is 0 Å². The number of nitrogens with zero attached hydrogens (tertiary/aromatic N) is 2. The van der Waals surface area contributed by atoms with E-state index in [1.807, 2.05) is 18.2 Å². The van der Waals surface area contributed by atoms with Gasteiger partial charge in [0.1, 0.15) is 0 Å². The summed E-state index contributed by atoms with van der Waals surface area (Å²) >= 11 is 6.13. The van der Waals surface area contributed by atoms with Gasteiger partial charge in [0, 0.05) is 24.3 Å². The van der Waals surface area contributed by atoms with E-state index in [1.54, 1.807) is 25.4 Å². The van der Waals surface area contributed by atoms with Gasteiger partial charge in [0.05, 0.1) is 22.9 Å². The van der Waals surface area contributed by atoms with Crippen molar-refractivity contribution in [2.75, 3.05) is 13.7 Å². The molecule has 19 heavy (non-hydrogen) atoms. The summed E-state index contributed by atoms with van der Waals surface area (Å²) in [7, 11) is 1.61. The van der Waals surface area contributed by atoms with Gasteiger partial charge in [-0.3, -0.25) is 9.98 Å². The van der Waals surface area contributed by atoms with Crippen LogP contribution in [0.4, 0.5) is 0 Å². The molecule has 3 N–H and O–H groups in total. The molecule has 0 aliphatic rings. The fraction of sp³-hybridized carbons (Fsp3) is 0.143. The fourth-order valence-electron chi connectivity index (χ4n) is 1.74. The first kappa shape index (κ1) is 13.5. The van der Waals surface area contributed by atoms with Crippen LogP contribution in [0.15, 0.2) is 41.5 Å². The molecule has 0 spiro atoms. The first-order valence-electron chi connectivity index (χ1n) is 5.74. The highest BCUT2D eigenvalue weighted by atomic mass is 35.5. The van der Waals surface area contributed by atoms with E-state index in [0.717, 1.165) is 16.5 Å². The van der Waals surface area contributed by atoms with Gasteiger partial charge in [-0.25, -0.2) is 0 Å². The van der Waals surface area contributed by atoms with Gasteiger partial charge in [-0.2, -0.15) is 0 Å². The minimum Gasteiger partial charge on any atom is -0.398 e. The molecule has 4 nitrogen and oxygen atoms in total. The summed E-state index contributed by atoms with van der Waals surface area (Å²) in [6, 6.07) is 7.34. The molecule has 0 atom stereocenters. The normalized spacial score (nSPS) is 13.0. The number of aliphatic hydroxyl groups excluding tert-OH is 1. The Morgan fingerprint density at radius 3 is 2.95 bits per heavy atom. The van der Waals surface area contributed by atoms with Gasteiger partial charge >= 0.3 is 0 Å². The molecule has 1 heterocycles. The van der Waals surface area contributed by atoms with Crippen LogP contribution >= 0.6 is 11.6 Å². The Balaban J connectivity index is 2.49. The van der Waals surface area contributed by atoms with Crippen LogP contribution in [-0.2, 0) is 0 Å². The van der Waals surface area contributed by atoms with E-state index in [2.05, 4.69) is 9.98 Å². The van der Waals surface area contributed by atoms with Crippen LogP contribution in [0.2, 0.25) is 5.02 Å². The highest BCUT2D eigenvalue weighted by molar-refractivity contribution is 6.35. The average molecular weight is 276 g/mol. The van der Waals surface area contributed by atoms with Crippen LogP contribution in [0.1, 0.15) is 5.56 Å². The lowest BCUT2D eigenvalue weighted by Gasteiger charge is -2.05. The van der Waals surface area contributed by atoms with Crippen LogP contribution in [0.25, 0.3) is 16.6 Å². The maximum absolute atomic E-state index is 9.08. The molecule has 1 aromatic heterocycles. The summed E-state index contributed by atoms with van der Waals surface area (Å²) in [4.78, 5) is 8.15. The quantitative estimate of drug-likeness (QED) is 0.844. The SMILES string of the molecule is CN=C(/C=C(\N)c1ccc2nccc(Cl)c2c1)CO. The summed E-state index contributed by atoms with van der Waals surface area (Å²) in [5.41, 5.74) is 8.67. The molecule has 0 unspecified atom stereocenters. The van der Waals surface area contributed by atoms with E-state index in [9.17, 15) is 0 Å². The Labute approximate surface area is 116 Å². The second-order valence-corrected chi connectivity index (χ2v) is 4.40. The molecule has 2 aromatic rings.